The Morgan fingerprint density at radius 3 is 2.53 bits per heavy atom. The molecule has 3 heterocycles. The summed E-state index contributed by atoms with van der Waals surface area (Å²) < 4.78 is 2.01. The number of pyridine rings is 1. The summed E-state index contributed by atoms with van der Waals surface area (Å²) in [6.07, 6.45) is 3.72. The van der Waals surface area contributed by atoms with E-state index in [9.17, 15) is 9.59 Å². The number of amides is 2. The number of hydrogen-bond donors (Lipinski definition) is 1. The van der Waals surface area contributed by atoms with Crippen molar-refractivity contribution in [2.75, 3.05) is 10.3 Å². The predicted molar refractivity (Wildman–Crippen MR) is 143 cm³/mol. The lowest BCUT2D eigenvalue weighted by Crippen LogP contribution is -2.36. The average Bonchev–Trinajstić information content (AvgIpc) is 3.42. The molecule has 0 bridgehead atoms. The Labute approximate surface area is 210 Å². The van der Waals surface area contributed by atoms with Gasteiger partial charge in [0.05, 0.1) is 17.1 Å². The Morgan fingerprint density at radius 1 is 0.944 bits per heavy atom. The fourth-order valence-electron chi connectivity index (χ4n) is 4.55. The van der Waals surface area contributed by atoms with Crippen molar-refractivity contribution >= 4 is 28.9 Å². The highest BCUT2D eigenvalue weighted by Crippen LogP contribution is 2.32. The summed E-state index contributed by atoms with van der Waals surface area (Å²) in [4.78, 5) is 31.1. The van der Waals surface area contributed by atoms with Crippen LogP contribution in [-0.2, 0) is 16.6 Å². The zero-order chi connectivity index (χ0) is 25.4. The maximum atomic E-state index is 13.4. The highest BCUT2D eigenvalue weighted by Gasteiger charge is 2.40. The number of carbonyl (C=O) groups excluding carboxylic acids is 2. The molecule has 2 amide bonds. The van der Waals surface area contributed by atoms with Gasteiger partial charge < -0.3 is 9.88 Å². The standard InChI is InChI=1S/C29H27N5O2/c1-18-12-13-23(17-24(18)27-19(2)8-6-14-30-27)34-29(36)26(20(3)32-34)28(35)31-22-10-5-9-21(16-22)25-11-7-15-33(25)4/h5-17,26H,1-4H3,(H,31,35). The second-order valence-electron chi connectivity index (χ2n) is 9.07. The number of carbonyl (C=O) groups is 2. The summed E-state index contributed by atoms with van der Waals surface area (Å²) in [5, 5.41) is 8.68. The fraction of sp³-hybridized carbons (Fsp3) is 0.172. The van der Waals surface area contributed by atoms with Crippen molar-refractivity contribution in [1.82, 2.24) is 9.55 Å². The SMILES string of the molecule is CC1=NN(c2ccc(C)c(-c3ncccc3C)c2)C(=O)C1C(=O)Nc1cccc(-c2cccn2C)c1. The third kappa shape index (κ3) is 4.20. The van der Waals surface area contributed by atoms with Crippen LogP contribution in [0.5, 0.6) is 0 Å². The number of rotatable bonds is 5. The van der Waals surface area contributed by atoms with Crippen molar-refractivity contribution in [2.45, 2.75) is 20.8 Å². The van der Waals surface area contributed by atoms with E-state index in [1.165, 1.54) is 5.01 Å². The van der Waals surface area contributed by atoms with Gasteiger partial charge in [0.2, 0.25) is 5.91 Å². The van der Waals surface area contributed by atoms with Gasteiger partial charge in [0.15, 0.2) is 5.92 Å². The molecule has 0 saturated heterocycles. The lowest BCUT2D eigenvalue weighted by Gasteiger charge is -2.17. The van der Waals surface area contributed by atoms with E-state index in [0.29, 0.717) is 17.1 Å². The fourth-order valence-corrected chi connectivity index (χ4v) is 4.55. The van der Waals surface area contributed by atoms with E-state index in [1.54, 1.807) is 13.1 Å². The molecule has 1 unspecified atom stereocenters. The molecule has 1 atom stereocenters. The van der Waals surface area contributed by atoms with E-state index in [-0.39, 0.29) is 5.91 Å². The quantitative estimate of drug-likeness (QED) is 0.394. The number of nitrogens with zero attached hydrogens (tertiary/aromatic N) is 4. The van der Waals surface area contributed by atoms with Gasteiger partial charge in [0.25, 0.3) is 5.91 Å². The predicted octanol–water partition coefficient (Wildman–Crippen LogP) is 5.35. The van der Waals surface area contributed by atoms with Gasteiger partial charge in [-0.05, 0) is 74.4 Å². The Morgan fingerprint density at radius 2 is 1.78 bits per heavy atom. The smallest absolute Gasteiger partial charge is 0.265 e. The molecule has 1 N–H and O–H groups in total. The molecule has 0 spiro atoms. The average molecular weight is 478 g/mol. The molecule has 1 aliphatic heterocycles. The molecule has 36 heavy (non-hydrogen) atoms. The second kappa shape index (κ2) is 9.26. The summed E-state index contributed by atoms with van der Waals surface area (Å²) >= 11 is 0. The third-order valence-corrected chi connectivity index (χ3v) is 6.49. The van der Waals surface area contributed by atoms with Crippen molar-refractivity contribution in [1.29, 1.82) is 0 Å². The van der Waals surface area contributed by atoms with Crippen LogP contribution in [0.4, 0.5) is 11.4 Å². The maximum absolute atomic E-state index is 13.4. The van der Waals surface area contributed by atoms with Crippen LogP contribution < -0.4 is 10.3 Å². The van der Waals surface area contributed by atoms with Crippen LogP contribution in [0, 0.1) is 19.8 Å². The Balaban J connectivity index is 1.39. The van der Waals surface area contributed by atoms with Crippen LogP contribution in [0.15, 0.2) is 84.2 Å². The van der Waals surface area contributed by atoms with Gasteiger partial charge in [-0.2, -0.15) is 10.1 Å². The van der Waals surface area contributed by atoms with Crippen LogP contribution in [0.1, 0.15) is 18.1 Å². The lowest BCUT2D eigenvalue weighted by atomic mass is 10.00. The molecule has 0 saturated carbocycles. The van der Waals surface area contributed by atoms with E-state index < -0.39 is 11.8 Å². The molecule has 0 radical (unpaired) electrons. The minimum Gasteiger partial charge on any atom is -0.351 e. The summed E-state index contributed by atoms with van der Waals surface area (Å²) in [7, 11) is 1.97. The topological polar surface area (TPSA) is 79.6 Å². The van der Waals surface area contributed by atoms with Gasteiger partial charge in [0.1, 0.15) is 0 Å². The molecule has 7 nitrogen and oxygen atoms in total. The first-order valence-electron chi connectivity index (χ1n) is 11.8. The molecule has 4 aromatic rings. The second-order valence-corrected chi connectivity index (χ2v) is 9.07. The first-order valence-corrected chi connectivity index (χ1v) is 11.8. The van der Waals surface area contributed by atoms with Gasteiger partial charge in [-0.25, -0.2) is 0 Å². The van der Waals surface area contributed by atoms with Crippen molar-refractivity contribution in [3.05, 3.63) is 90.3 Å². The summed E-state index contributed by atoms with van der Waals surface area (Å²) in [5.41, 5.74) is 7.56. The highest BCUT2D eigenvalue weighted by molar-refractivity contribution is 6.28. The number of benzene rings is 2. The minimum absolute atomic E-state index is 0.379. The van der Waals surface area contributed by atoms with Gasteiger partial charge in [-0.3, -0.25) is 14.6 Å². The molecule has 0 fully saturated rings. The number of aryl methyl sites for hydroxylation is 3. The first-order chi connectivity index (χ1) is 17.3. The molecule has 180 valence electrons. The van der Waals surface area contributed by atoms with Crippen molar-refractivity contribution in [3.63, 3.8) is 0 Å². The van der Waals surface area contributed by atoms with Gasteiger partial charge in [-0.15, -0.1) is 0 Å². The summed E-state index contributed by atoms with van der Waals surface area (Å²) in [6, 6.07) is 21.2. The monoisotopic (exact) mass is 477 g/mol. The first kappa shape index (κ1) is 23.2. The number of hydrogen-bond acceptors (Lipinski definition) is 4. The molecule has 7 heteroatoms. The molecule has 2 aromatic carbocycles. The molecule has 5 rings (SSSR count). The molecule has 2 aromatic heterocycles. The van der Waals surface area contributed by atoms with Gasteiger partial charge >= 0.3 is 0 Å². The van der Waals surface area contributed by atoms with Crippen LogP contribution >= 0.6 is 0 Å². The van der Waals surface area contributed by atoms with E-state index in [1.807, 2.05) is 98.4 Å². The van der Waals surface area contributed by atoms with E-state index >= 15 is 0 Å². The lowest BCUT2D eigenvalue weighted by molar-refractivity contribution is -0.127. The largest absolute Gasteiger partial charge is 0.351 e. The minimum atomic E-state index is -0.995. The Bertz CT molecular complexity index is 1520. The highest BCUT2D eigenvalue weighted by atomic mass is 16.2. The van der Waals surface area contributed by atoms with Crippen molar-refractivity contribution in [2.24, 2.45) is 18.1 Å². The van der Waals surface area contributed by atoms with Crippen LogP contribution in [0.25, 0.3) is 22.5 Å². The van der Waals surface area contributed by atoms with Gasteiger partial charge in [0, 0.05) is 41.9 Å². The number of hydrazone groups is 1. The van der Waals surface area contributed by atoms with Crippen LogP contribution in [0.2, 0.25) is 0 Å². The zero-order valence-corrected chi connectivity index (χ0v) is 20.7. The third-order valence-electron chi connectivity index (χ3n) is 6.49. The summed E-state index contributed by atoms with van der Waals surface area (Å²) in [6.45, 7) is 5.72. The van der Waals surface area contributed by atoms with Crippen molar-refractivity contribution in [3.8, 4) is 22.5 Å². The van der Waals surface area contributed by atoms with E-state index in [4.69, 9.17) is 0 Å². The van der Waals surface area contributed by atoms with Gasteiger partial charge in [-0.1, -0.05) is 24.3 Å². The molecule has 0 aliphatic carbocycles. The number of anilines is 2. The molecule has 1 aliphatic rings. The molecular weight excluding hydrogens is 450 g/mol. The van der Waals surface area contributed by atoms with E-state index in [2.05, 4.69) is 15.4 Å². The maximum Gasteiger partial charge on any atom is 0.265 e. The Hall–Kier alpha value is -4.52. The van der Waals surface area contributed by atoms with Crippen LogP contribution in [0.3, 0.4) is 0 Å². The van der Waals surface area contributed by atoms with E-state index in [0.717, 1.165) is 33.6 Å². The summed E-state index contributed by atoms with van der Waals surface area (Å²) in [5.74, 6) is -1.78. The molecular formula is C29H27N5O2. The number of nitrogens with one attached hydrogen (secondary N) is 1. The Kier molecular flexibility index (Phi) is 5.98. The van der Waals surface area contributed by atoms with Crippen LogP contribution in [-0.4, -0.2) is 27.1 Å². The van der Waals surface area contributed by atoms with Crippen molar-refractivity contribution < 1.29 is 9.59 Å². The zero-order valence-electron chi connectivity index (χ0n) is 20.7. The normalized spacial score (nSPS) is 15.2. The number of aromatic nitrogens is 2.